The molecule has 0 spiro atoms. The number of anilines is 1. The van der Waals surface area contributed by atoms with Crippen LogP contribution in [0.3, 0.4) is 0 Å². The zero-order valence-electron chi connectivity index (χ0n) is 8.91. The Morgan fingerprint density at radius 2 is 2.31 bits per heavy atom. The molecule has 2 rings (SSSR count). The summed E-state index contributed by atoms with van der Waals surface area (Å²) in [5.41, 5.74) is 9.41. The van der Waals surface area contributed by atoms with Gasteiger partial charge in [-0.2, -0.15) is 0 Å². The number of ether oxygens (including phenoxy) is 1. The van der Waals surface area contributed by atoms with Gasteiger partial charge in [0.05, 0.1) is 5.69 Å². The number of carbonyl (C=O) groups is 1. The number of rotatable bonds is 1. The normalized spacial score (nSPS) is 18.5. The highest BCUT2D eigenvalue weighted by Gasteiger charge is 2.28. The summed E-state index contributed by atoms with van der Waals surface area (Å²) in [6.45, 7) is 1.70. The van der Waals surface area contributed by atoms with Gasteiger partial charge in [0.25, 0.3) is 5.91 Å². The van der Waals surface area contributed by atoms with Gasteiger partial charge in [-0.05, 0) is 30.7 Å². The van der Waals surface area contributed by atoms with Crippen LogP contribution in [-0.2, 0) is 4.79 Å². The van der Waals surface area contributed by atoms with Gasteiger partial charge in [-0.15, -0.1) is 0 Å². The third-order valence-corrected chi connectivity index (χ3v) is 2.45. The van der Waals surface area contributed by atoms with Crippen molar-refractivity contribution >= 4 is 17.3 Å². The Morgan fingerprint density at radius 1 is 1.56 bits per heavy atom. The van der Waals surface area contributed by atoms with Gasteiger partial charge < -0.3 is 9.64 Å². The number of nitrogens with zero attached hydrogens (tertiary/aromatic N) is 4. The van der Waals surface area contributed by atoms with Gasteiger partial charge in [0, 0.05) is 17.6 Å². The smallest absolute Gasteiger partial charge is 0.267 e. The fourth-order valence-corrected chi connectivity index (χ4v) is 1.61. The van der Waals surface area contributed by atoms with E-state index >= 15 is 0 Å². The minimum Gasteiger partial charge on any atom is -0.479 e. The van der Waals surface area contributed by atoms with Crippen molar-refractivity contribution in [1.29, 1.82) is 0 Å². The number of hydrogen-bond donors (Lipinski definition) is 0. The minimum atomic E-state index is -0.484. The molecule has 0 radical (unpaired) electrons. The summed E-state index contributed by atoms with van der Waals surface area (Å²) in [4.78, 5) is 15.8. The van der Waals surface area contributed by atoms with Crippen LogP contribution >= 0.6 is 0 Å². The SMILES string of the molecule is CC1Oc2ccc(N=[N+]=[N-])cc2N(C)C1=O. The summed E-state index contributed by atoms with van der Waals surface area (Å²) in [6.07, 6.45) is -0.484. The first-order chi connectivity index (χ1) is 7.63. The van der Waals surface area contributed by atoms with Crippen molar-refractivity contribution in [3.05, 3.63) is 28.6 Å². The van der Waals surface area contributed by atoms with Gasteiger partial charge in [-0.1, -0.05) is 5.11 Å². The Morgan fingerprint density at radius 3 is 3.00 bits per heavy atom. The molecular weight excluding hydrogens is 208 g/mol. The molecule has 0 bridgehead atoms. The van der Waals surface area contributed by atoms with E-state index in [0.717, 1.165) is 0 Å². The fraction of sp³-hybridized carbons (Fsp3) is 0.300. The van der Waals surface area contributed by atoms with E-state index in [1.165, 1.54) is 4.90 Å². The molecule has 82 valence electrons. The van der Waals surface area contributed by atoms with Crippen LogP contribution in [-0.4, -0.2) is 19.1 Å². The van der Waals surface area contributed by atoms with Gasteiger partial charge >= 0.3 is 0 Å². The second-order valence-corrected chi connectivity index (χ2v) is 3.50. The van der Waals surface area contributed by atoms with Crippen LogP contribution in [0.2, 0.25) is 0 Å². The second kappa shape index (κ2) is 3.75. The molecule has 1 aromatic carbocycles. The van der Waals surface area contributed by atoms with Gasteiger partial charge in [0.15, 0.2) is 6.10 Å². The van der Waals surface area contributed by atoms with E-state index in [9.17, 15) is 4.79 Å². The minimum absolute atomic E-state index is 0.120. The first kappa shape index (κ1) is 10.3. The summed E-state index contributed by atoms with van der Waals surface area (Å²) < 4.78 is 5.42. The third kappa shape index (κ3) is 1.55. The first-order valence-corrected chi connectivity index (χ1v) is 4.77. The van der Waals surface area contributed by atoms with E-state index in [0.29, 0.717) is 17.1 Å². The van der Waals surface area contributed by atoms with Crippen molar-refractivity contribution in [2.24, 2.45) is 5.11 Å². The molecule has 1 aliphatic rings. The fourth-order valence-electron chi connectivity index (χ4n) is 1.61. The molecule has 0 aliphatic carbocycles. The predicted octanol–water partition coefficient (Wildman–Crippen LogP) is 2.37. The average Bonchev–Trinajstić information content (AvgIpc) is 2.28. The molecule has 1 heterocycles. The highest BCUT2D eigenvalue weighted by Crippen LogP contribution is 2.36. The molecule has 0 saturated heterocycles. The second-order valence-electron chi connectivity index (χ2n) is 3.50. The molecule has 6 nitrogen and oxygen atoms in total. The lowest BCUT2D eigenvalue weighted by atomic mass is 10.2. The van der Waals surface area contributed by atoms with Crippen molar-refractivity contribution in [2.75, 3.05) is 11.9 Å². The molecule has 0 fully saturated rings. The number of likely N-dealkylation sites (N-methyl/N-ethyl adjacent to an activating group) is 1. The van der Waals surface area contributed by atoms with E-state index < -0.39 is 6.10 Å². The van der Waals surface area contributed by atoms with Gasteiger partial charge in [0.1, 0.15) is 5.75 Å². The van der Waals surface area contributed by atoms with Crippen LogP contribution in [0.4, 0.5) is 11.4 Å². The van der Waals surface area contributed by atoms with Crippen LogP contribution in [0.25, 0.3) is 10.4 Å². The highest BCUT2D eigenvalue weighted by molar-refractivity contribution is 5.99. The summed E-state index contributed by atoms with van der Waals surface area (Å²) in [7, 11) is 1.67. The van der Waals surface area contributed by atoms with E-state index in [2.05, 4.69) is 10.0 Å². The zero-order valence-corrected chi connectivity index (χ0v) is 8.91. The highest BCUT2D eigenvalue weighted by atomic mass is 16.5. The van der Waals surface area contributed by atoms with Crippen molar-refractivity contribution in [3.8, 4) is 5.75 Å². The largest absolute Gasteiger partial charge is 0.479 e. The molecule has 6 heteroatoms. The number of amides is 1. The molecule has 1 atom stereocenters. The molecular formula is C10H10N4O2. The number of fused-ring (bicyclic) bond motifs is 1. The Bertz CT molecular complexity index is 494. The Kier molecular flexibility index (Phi) is 2.42. The standard InChI is InChI=1S/C10H10N4O2/c1-6-10(15)14(2)8-5-7(12-13-11)3-4-9(8)16-6/h3-6H,1-2H3. The average molecular weight is 218 g/mol. The van der Waals surface area contributed by atoms with E-state index in [4.69, 9.17) is 10.3 Å². The zero-order chi connectivity index (χ0) is 11.7. The number of carbonyl (C=O) groups excluding carboxylic acids is 1. The molecule has 1 amide bonds. The van der Waals surface area contributed by atoms with Crippen LogP contribution in [0.15, 0.2) is 23.3 Å². The van der Waals surface area contributed by atoms with E-state index in [-0.39, 0.29) is 5.91 Å². The summed E-state index contributed by atoms with van der Waals surface area (Å²) in [6, 6.07) is 4.96. The van der Waals surface area contributed by atoms with Gasteiger partial charge in [0.2, 0.25) is 0 Å². The maximum Gasteiger partial charge on any atom is 0.267 e. The molecule has 0 saturated carbocycles. The molecule has 1 unspecified atom stereocenters. The molecule has 1 aromatic rings. The monoisotopic (exact) mass is 218 g/mol. The topological polar surface area (TPSA) is 78.3 Å². The van der Waals surface area contributed by atoms with Gasteiger partial charge in [-0.25, -0.2) is 0 Å². The summed E-state index contributed by atoms with van der Waals surface area (Å²) in [5, 5.41) is 3.48. The molecule has 1 aliphatic heterocycles. The number of hydrogen-bond acceptors (Lipinski definition) is 3. The first-order valence-electron chi connectivity index (χ1n) is 4.77. The van der Waals surface area contributed by atoms with Crippen molar-refractivity contribution < 1.29 is 9.53 Å². The Balaban J connectivity index is 2.50. The van der Waals surface area contributed by atoms with Crippen molar-refractivity contribution in [3.63, 3.8) is 0 Å². The number of benzene rings is 1. The number of azide groups is 1. The summed E-state index contributed by atoms with van der Waals surface area (Å²) in [5.74, 6) is 0.497. The van der Waals surface area contributed by atoms with Crippen LogP contribution in [0.1, 0.15) is 6.92 Å². The van der Waals surface area contributed by atoms with E-state index in [1.807, 2.05) is 0 Å². The quantitative estimate of drug-likeness (QED) is 0.412. The van der Waals surface area contributed by atoms with Crippen LogP contribution in [0.5, 0.6) is 5.75 Å². The molecule has 16 heavy (non-hydrogen) atoms. The third-order valence-electron chi connectivity index (χ3n) is 2.45. The predicted molar refractivity (Wildman–Crippen MR) is 58.7 cm³/mol. The van der Waals surface area contributed by atoms with Crippen LogP contribution in [0, 0.1) is 0 Å². The Labute approximate surface area is 92.1 Å². The molecule has 0 aromatic heterocycles. The van der Waals surface area contributed by atoms with E-state index in [1.54, 1.807) is 32.2 Å². The maximum absolute atomic E-state index is 11.7. The van der Waals surface area contributed by atoms with Crippen molar-refractivity contribution in [2.45, 2.75) is 13.0 Å². The lowest BCUT2D eigenvalue weighted by molar-refractivity contribution is -0.125. The van der Waals surface area contributed by atoms with Gasteiger partial charge in [-0.3, -0.25) is 4.79 Å². The lowest BCUT2D eigenvalue weighted by Gasteiger charge is -2.30. The van der Waals surface area contributed by atoms with Crippen molar-refractivity contribution in [1.82, 2.24) is 0 Å². The van der Waals surface area contributed by atoms with Crippen LogP contribution < -0.4 is 9.64 Å². The lowest BCUT2D eigenvalue weighted by Crippen LogP contribution is -2.41. The Hall–Kier alpha value is -2.20. The maximum atomic E-state index is 11.7. The summed E-state index contributed by atoms with van der Waals surface area (Å²) >= 11 is 0. The molecule has 0 N–H and O–H groups in total.